The Labute approximate surface area is 133 Å². The first-order valence-corrected chi connectivity index (χ1v) is 7.07. The molecule has 1 heterocycles. The standard InChI is InChI=1S/C16H20N2O5/c1-9-15(16(20)18-17-9)13(8-14(19)23-4)10-5-11(21-2)7-12(6-10)22-3/h5-7,13H,8H2,1-4H3,(H2,17,18,20)/t13-/m1/s1. The number of carbonyl (C=O) groups is 1. The normalized spacial score (nSPS) is 11.8. The molecule has 7 heteroatoms. The molecule has 2 aromatic rings. The molecular formula is C16H20N2O5. The third-order valence-electron chi connectivity index (χ3n) is 3.74. The van der Waals surface area contributed by atoms with Crippen molar-refractivity contribution in [2.75, 3.05) is 21.3 Å². The van der Waals surface area contributed by atoms with E-state index in [4.69, 9.17) is 14.2 Å². The van der Waals surface area contributed by atoms with Gasteiger partial charge in [-0.2, -0.15) is 0 Å². The summed E-state index contributed by atoms with van der Waals surface area (Å²) >= 11 is 0. The van der Waals surface area contributed by atoms with Crippen LogP contribution in [0.4, 0.5) is 0 Å². The van der Waals surface area contributed by atoms with Crippen LogP contribution in [0.15, 0.2) is 23.0 Å². The maximum atomic E-state index is 12.1. The summed E-state index contributed by atoms with van der Waals surface area (Å²) in [6, 6.07) is 5.29. The first-order chi connectivity index (χ1) is 11.0. The topological polar surface area (TPSA) is 93.4 Å². The zero-order valence-electron chi connectivity index (χ0n) is 13.6. The monoisotopic (exact) mass is 320 g/mol. The van der Waals surface area contributed by atoms with Gasteiger partial charge < -0.3 is 19.3 Å². The smallest absolute Gasteiger partial charge is 0.306 e. The van der Waals surface area contributed by atoms with Crippen LogP contribution in [0.1, 0.15) is 29.2 Å². The molecule has 1 aromatic heterocycles. The van der Waals surface area contributed by atoms with Gasteiger partial charge in [0.1, 0.15) is 11.5 Å². The van der Waals surface area contributed by atoms with Crippen LogP contribution in [0.2, 0.25) is 0 Å². The van der Waals surface area contributed by atoms with E-state index >= 15 is 0 Å². The molecule has 1 aromatic carbocycles. The maximum Gasteiger partial charge on any atom is 0.306 e. The van der Waals surface area contributed by atoms with E-state index in [1.165, 1.54) is 7.11 Å². The van der Waals surface area contributed by atoms with Crippen molar-refractivity contribution in [1.82, 2.24) is 10.2 Å². The Morgan fingerprint density at radius 3 is 2.13 bits per heavy atom. The Hall–Kier alpha value is -2.70. The molecule has 2 N–H and O–H groups in total. The van der Waals surface area contributed by atoms with Gasteiger partial charge in [0.2, 0.25) is 0 Å². The maximum absolute atomic E-state index is 12.1. The van der Waals surface area contributed by atoms with Crippen LogP contribution in [-0.2, 0) is 9.53 Å². The highest BCUT2D eigenvalue weighted by molar-refractivity contribution is 5.71. The lowest BCUT2D eigenvalue weighted by molar-refractivity contribution is -0.140. The molecule has 0 aliphatic carbocycles. The van der Waals surface area contributed by atoms with E-state index in [1.807, 2.05) is 0 Å². The predicted octanol–water partition coefficient (Wildman–Crippen LogP) is 1.72. The van der Waals surface area contributed by atoms with Crippen molar-refractivity contribution in [2.45, 2.75) is 19.3 Å². The van der Waals surface area contributed by atoms with Crippen molar-refractivity contribution in [3.8, 4) is 11.5 Å². The van der Waals surface area contributed by atoms with Gasteiger partial charge in [-0.15, -0.1) is 0 Å². The molecule has 124 valence electrons. The minimum atomic E-state index is -0.471. The number of aryl methyl sites for hydroxylation is 1. The van der Waals surface area contributed by atoms with Crippen LogP contribution < -0.4 is 15.0 Å². The van der Waals surface area contributed by atoms with E-state index in [1.54, 1.807) is 39.3 Å². The van der Waals surface area contributed by atoms with Crippen LogP contribution in [0, 0.1) is 6.92 Å². The number of nitrogens with one attached hydrogen (secondary N) is 2. The summed E-state index contributed by atoms with van der Waals surface area (Å²) in [7, 11) is 4.41. The number of aromatic amines is 2. The Morgan fingerprint density at radius 1 is 1.09 bits per heavy atom. The van der Waals surface area contributed by atoms with Crippen LogP contribution in [-0.4, -0.2) is 37.5 Å². The van der Waals surface area contributed by atoms with E-state index in [0.29, 0.717) is 22.8 Å². The number of H-pyrrole nitrogens is 2. The Balaban J connectivity index is 2.58. The van der Waals surface area contributed by atoms with Gasteiger partial charge in [0, 0.05) is 23.2 Å². The van der Waals surface area contributed by atoms with E-state index in [2.05, 4.69) is 10.2 Å². The van der Waals surface area contributed by atoms with Crippen molar-refractivity contribution in [2.24, 2.45) is 0 Å². The molecule has 0 radical (unpaired) electrons. The zero-order valence-corrected chi connectivity index (χ0v) is 13.6. The number of benzene rings is 1. The van der Waals surface area contributed by atoms with E-state index in [-0.39, 0.29) is 12.0 Å². The molecule has 0 saturated carbocycles. The lowest BCUT2D eigenvalue weighted by atomic mass is 9.88. The number of ether oxygens (including phenoxy) is 3. The first-order valence-electron chi connectivity index (χ1n) is 7.07. The van der Waals surface area contributed by atoms with Crippen molar-refractivity contribution in [1.29, 1.82) is 0 Å². The molecule has 0 fully saturated rings. The number of methoxy groups -OCH3 is 3. The molecule has 0 bridgehead atoms. The summed E-state index contributed by atoms with van der Waals surface area (Å²) in [6.45, 7) is 1.77. The zero-order chi connectivity index (χ0) is 17.0. The highest BCUT2D eigenvalue weighted by Crippen LogP contribution is 2.33. The van der Waals surface area contributed by atoms with Crippen LogP contribution in [0.5, 0.6) is 11.5 Å². The van der Waals surface area contributed by atoms with Gasteiger partial charge in [-0.25, -0.2) is 0 Å². The number of esters is 1. The van der Waals surface area contributed by atoms with Crippen molar-refractivity contribution in [3.63, 3.8) is 0 Å². The lowest BCUT2D eigenvalue weighted by Gasteiger charge is -2.17. The lowest BCUT2D eigenvalue weighted by Crippen LogP contribution is -2.17. The third-order valence-corrected chi connectivity index (χ3v) is 3.74. The van der Waals surface area contributed by atoms with Crippen molar-refractivity contribution >= 4 is 5.97 Å². The molecule has 0 aliphatic heterocycles. The van der Waals surface area contributed by atoms with Crippen LogP contribution in [0.25, 0.3) is 0 Å². The molecule has 0 aliphatic rings. The highest BCUT2D eigenvalue weighted by atomic mass is 16.5. The van der Waals surface area contributed by atoms with Crippen molar-refractivity contribution < 1.29 is 19.0 Å². The average Bonchev–Trinajstić information content (AvgIpc) is 2.90. The third kappa shape index (κ3) is 3.56. The Bertz CT molecular complexity index is 725. The van der Waals surface area contributed by atoms with Crippen LogP contribution >= 0.6 is 0 Å². The van der Waals surface area contributed by atoms with E-state index < -0.39 is 11.9 Å². The molecule has 0 spiro atoms. The molecule has 2 rings (SSSR count). The number of hydrogen-bond acceptors (Lipinski definition) is 5. The second kappa shape index (κ2) is 7.04. The first kappa shape index (κ1) is 16.7. The Kier molecular flexibility index (Phi) is 5.10. The van der Waals surface area contributed by atoms with Gasteiger partial charge in [-0.05, 0) is 24.6 Å². The molecular weight excluding hydrogens is 300 g/mol. The molecule has 0 saturated heterocycles. The number of carbonyl (C=O) groups excluding carboxylic acids is 1. The average molecular weight is 320 g/mol. The highest BCUT2D eigenvalue weighted by Gasteiger charge is 2.25. The molecule has 1 atom stereocenters. The summed E-state index contributed by atoms with van der Waals surface area (Å²) in [4.78, 5) is 23.9. The summed E-state index contributed by atoms with van der Waals surface area (Å²) < 4.78 is 15.3. The summed E-state index contributed by atoms with van der Waals surface area (Å²) in [5, 5.41) is 5.32. The number of aromatic nitrogens is 2. The van der Waals surface area contributed by atoms with Gasteiger partial charge in [0.05, 0.1) is 27.8 Å². The fraction of sp³-hybridized carbons (Fsp3) is 0.375. The van der Waals surface area contributed by atoms with E-state index in [0.717, 1.165) is 5.56 Å². The quantitative estimate of drug-likeness (QED) is 0.791. The van der Waals surface area contributed by atoms with Gasteiger partial charge in [0.15, 0.2) is 0 Å². The van der Waals surface area contributed by atoms with Gasteiger partial charge in [0.25, 0.3) is 5.56 Å². The Morgan fingerprint density at radius 2 is 1.70 bits per heavy atom. The van der Waals surface area contributed by atoms with Gasteiger partial charge >= 0.3 is 5.97 Å². The molecule has 7 nitrogen and oxygen atoms in total. The molecule has 23 heavy (non-hydrogen) atoms. The number of rotatable bonds is 6. The second-order valence-corrected chi connectivity index (χ2v) is 5.10. The predicted molar refractivity (Wildman–Crippen MR) is 84.2 cm³/mol. The summed E-state index contributed by atoms with van der Waals surface area (Å²) in [5.41, 5.74) is 1.63. The summed E-state index contributed by atoms with van der Waals surface area (Å²) in [6.07, 6.45) is 0.0363. The second-order valence-electron chi connectivity index (χ2n) is 5.10. The van der Waals surface area contributed by atoms with Gasteiger partial charge in [-0.3, -0.25) is 14.7 Å². The summed E-state index contributed by atoms with van der Waals surface area (Å²) in [5.74, 6) is 0.288. The minimum Gasteiger partial charge on any atom is -0.497 e. The SMILES string of the molecule is COC(=O)C[C@H](c1cc(OC)cc(OC)c1)c1c(C)[nH][nH]c1=O. The van der Waals surface area contributed by atoms with Crippen LogP contribution in [0.3, 0.4) is 0 Å². The molecule has 0 amide bonds. The molecule has 0 unspecified atom stereocenters. The van der Waals surface area contributed by atoms with E-state index in [9.17, 15) is 9.59 Å². The van der Waals surface area contributed by atoms with Crippen molar-refractivity contribution in [3.05, 3.63) is 45.4 Å². The largest absolute Gasteiger partial charge is 0.497 e. The minimum absolute atomic E-state index is 0.0363. The fourth-order valence-electron chi connectivity index (χ4n) is 2.54. The number of hydrogen-bond donors (Lipinski definition) is 2. The van der Waals surface area contributed by atoms with Gasteiger partial charge in [-0.1, -0.05) is 0 Å². The fourth-order valence-corrected chi connectivity index (χ4v) is 2.54.